The first-order valence-corrected chi connectivity index (χ1v) is 6.24. The van der Waals surface area contributed by atoms with Crippen molar-refractivity contribution in [2.24, 2.45) is 5.92 Å². The molecule has 2 rings (SSSR count). The maximum atomic E-state index is 11.8. The van der Waals surface area contributed by atoms with Gasteiger partial charge in [-0.2, -0.15) is 0 Å². The Balaban J connectivity index is 2.03. The van der Waals surface area contributed by atoms with Crippen LogP contribution in [0.25, 0.3) is 0 Å². The third-order valence-corrected chi connectivity index (χ3v) is 2.97. The summed E-state index contributed by atoms with van der Waals surface area (Å²) in [6.07, 6.45) is -0.346. The fourth-order valence-electron chi connectivity index (χ4n) is 1.99. The summed E-state index contributed by atoms with van der Waals surface area (Å²) in [7, 11) is 0. The summed E-state index contributed by atoms with van der Waals surface area (Å²) >= 11 is 0. The van der Waals surface area contributed by atoms with Gasteiger partial charge in [-0.1, -0.05) is 19.9 Å². The monoisotopic (exact) mass is 263 g/mol. The standard InChI is InChI=1S/C14H17NO4/c1-9(2)8-19-14(18)15-6-11-4-3-10(13(16)17)5-12(11)7-15/h3-5,9H,6-8H2,1-2H3,(H,16,17). The Labute approximate surface area is 111 Å². The van der Waals surface area contributed by atoms with Gasteiger partial charge in [0.1, 0.15) is 0 Å². The van der Waals surface area contributed by atoms with Crippen LogP contribution in [-0.4, -0.2) is 28.7 Å². The van der Waals surface area contributed by atoms with Gasteiger partial charge in [0.05, 0.1) is 12.2 Å². The van der Waals surface area contributed by atoms with Crippen molar-refractivity contribution in [2.45, 2.75) is 26.9 Å². The Kier molecular flexibility index (Phi) is 3.74. The van der Waals surface area contributed by atoms with Gasteiger partial charge in [0, 0.05) is 13.1 Å². The Morgan fingerprint density at radius 3 is 2.63 bits per heavy atom. The van der Waals surface area contributed by atoms with E-state index in [4.69, 9.17) is 9.84 Å². The summed E-state index contributed by atoms with van der Waals surface area (Å²) in [4.78, 5) is 24.3. The third-order valence-electron chi connectivity index (χ3n) is 2.97. The van der Waals surface area contributed by atoms with Crippen molar-refractivity contribution >= 4 is 12.1 Å². The SMILES string of the molecule is CC(C)COC(=O)N1Cc2ccc(C(=O)O)cc2C1. The van der Waals surface area contributed by atoms with Gasteiger partial charge < -0.3 is 9.84 Å². The van der Waals surface area contributed by atoms with Crippen LogP contribution >= 0.6 is 0 Å². The highest BCUT2D eigenvalue weighted by molar-refractivity contribution is 5.88. The Bertz CT molecular complexity index is 510. The molecule has 0 saturated carbocycles. The average Bonchev–Trinajstić information content (AvgIpc) is 2.78. The van der Waals surface area contributed by atoms with Crippen LogP contribution in [0.15, 0.2) is 18.2 Å². The Morgan fingerprint density at radius 1 is 1.32 bits per heavy atom. The van der Waals surface area contributed by atoms with Crippen molar-refractivity contribution in [3.8, 4) is 0 Å². The lowest BCUT2D eigenvalue weighted by Gasteiger charge is -2.16. The van der Waals surface area contributed by atoms with Gasteiger partial charge in [-0.05, 0) is 29.2 Å². The summed E-state index contributed by atoms with van der Waals surface area (Å²) in [5.74, 6) is -0.656. The van der Waals surface area contributed by atoms with E-state index in [0.29, 0.717) is 25.6 Å². The number of nitrogens with zero attached hydrogens (tertiary/aromatic N) is 1. The number of aromatic carboxylic acids is 1. The number of carboxylic acid groups (broad SMARTS) is 1. The van der Waals surface area contributed by atoms with E-state index in [2.05, 4.69) is 0 Å². The van der Waals surface area contributed by atoms with Crippen LogP contribution in [0.5, 0.6) is 0 Å². The van der Waals surface area contributed by atoms with Crippen molar-refractivity contribution < 1.29 is 19.4 Å². The van der Waals surface area contributed by atoms with E-state index in [0.717, 1.165) is 11.1 Å². The molecule has 0 radical (unpaired) electrons. The molecule has 1 heterocycles. The molecule has 102 valence electrons. The minimum Gasteiger partial charge on any atom is -0.478 e. The van der Waals surface area contributed by atoms with E-state index < -0.39 is 5.97 Å². The Morgan fingerprint density at radius 2 is 2.00 bits per heavy atom. The van der Waals surface area contributed by atoms with E-state index in [1.165, 1.54) is 0 Å². The van der Waals surface area contributed by atoms with Crippen LogP contribution in [0, 0.1) is 5.92 Å². The molecule has 0 spiro atoms. The zero-order chi connectivity index (χ0) is 14.0. The number of rotatable bonds is 3. The molecule has 1 aromatic rings. The molecule has 0 aliphatic carbocycles. The second-order valence-electron chi connectivity index (χ2n) is 5.12. The molecule has 5 heteroatoms. The van der Waals surface area contributed by atoms with Gasteiger partial charge >= 0.3 is 12.1 Å². The number of hydrogen-bond acceptors (Lipinski definition) is 3. The zero-order valence-electron chi connectivity index (χ0n) is 11.0. The summed E-state index contributed by atoms with van der Waals surface area (Å²) in [5.41, 5.74) is 2.10. The zero-order valence-corrected chi connectivity index (χ0v) is 11.0. The molecule has 0 bridgehead atoms. The second kappa shape index (κ2) is 5.30. The van der Waals surface area contributed by atoms with E-state index >= 15 is 0 Å². The second-order valence-corrected chi connectivity index (χ2v) is 5.12. The molecule has 0 saturated heterocycles. The summed E-state index contributed by atoms with van der Waals surface area (Å²) < 4.78 is 5.17. The first kappa shape index (κ1) is 13.4. The summed E-state index contributed by atoms with van der Waals surface area (Å²) in [6, 6.07) is 4.94. The fraction of sp³-hybridized carbons (Fsp3) is 0.429. The number of carbonyl (C=O) groups is 2. The molecule has 0 atom stereocenters. The minimum absolute atomic E-state index is 0.246. The van der Waals surface area contributed by atoms with Crippen molar-refractivity contribution in [2.75, 3.05) is 6.61 Å². The van der Waals surface area contributed by atoms with Crippen LogP contribution < -0.4 is 0 Å². The number of hydrogen-bond donors (Lipinski definition) is 1. The van der Waals surface area contributed by atoms with Gasteiger partial charge in [0.25, 0.3) is 0 Å². The molecule has 1 amide bonds. The van der Waals surface area contributed by atoms with Gasteiger partial charge in [-0.25, -0.2) is 9.59 Å². The lowest BCUT2D eigenvalue weighted by atomic mass is 10.1. The highest BCUT2D eigenvalue weighted by Crippen LogP contribution is 2.24. The summed E-state index contributed by atoms with van der Waals surface area (Å²) in [6.45, 7) is 5.24. The maximum Gasteiger partial charge on any atom is 0.410 e. The predicted molar refractivity (Wildman–Crippen MR) is 68.8 cm³/mol. The van der Waals surface area contributed by atoms with Gasteiger partial charge in [-0.15, -0.1) is 0 Å². The molecule has 0 fully saturated rings. The molecule has 1 N–H and O–H groups in total. The van der Waals surface area contributed by atoms with Gasteiger partial charge in [0.15, 0.2) is 0 Å². The molecular weight excluding hydrogens is 246 g/mol. The highest BCUT2D eigenvalue weighted by atomic mass is 16.6. The number of amides is 1. The van der Waals surface area contributed by atoms with Crippen molar-refractivity contribution in [1.29, 1.82) is 0 Å². The van der Waals surface area contributed by atoms with Crippen LogP contribution in [0.4, 0.5) is 4.79 Å². The molecular formula is C14H17NO4. The molecule has 1 aliphatic rings. The quantitative estimate of drug-likeness (QED) is 0.909. The van der Waals surface area contributed by atoms with Crippen molar-refractivity contribution in [1.82, 2.24) is 4.90 Å². The van der Waals surface area contributed by atoms with Crippen LogP contribution in [0.1, 0.15) is 35.3 Å². The largest absolute Gasteiger partial charge is 0.478 e. The number of benzene rings is 1. The molecule has 1 aromatic carbocycles. The minimum atomic E-state index is -0.955. The summed E-state index contributed by atoms with van der Waals surface area (Å²) in [5, 5.41) is 8.93. The number of carbonyl (C=O) groups excluding carboxylic acids is 1. The lowest BCUT2D eigenvalue weighted by molar-refractivity contribution is 0.0696. The fourth-order valence-corrected chi connectivity index (χ4v) is 1.99. The van der Waals surface area contributed by atoms with Crippen molar-refractivity contribution in [3.05, 3.63) is 34.9 Å². The predicted octanol–water partition coefficient (Wildman–Crippen LogP) is 2.49. The normalized spacial score (nSPS) is 13.5. The molecule has 0 aromatic heterocycles. The first-order valence-electron chi connectivity index (χ1n) is 6.24. The number of ether oxygens (including phenoxy) is 1. The maximum absolute atomic E-state index is 11.8. The van der Waals surface area contributed by atoms with Gasteiger partial charge in [0.2, 0.25) is 0 Å². The van der Waals surface area contributed by atoms with Crippen LogP contribution in [0.2, 0.25) is 0 Å². The van der Waals surface area contributed by atoms with E-state index in [1.807, 2.05) is 13.8 Å². The average molecular weight is 263 g/mol. The molecule has 1 aliphatic heterocycles. The van der Waals surface area contributed by atoms with E-state index in [1.54, 1.807) is 23.1 Å². The van der Waals surface area contributed by atoms with E-state index in [9.17, 15) is 9.59 Å². The Hall–Kier alpha value is -2.04. The topological polar surface area (TPSA) is 66.8 Å². The smallest absolute Gasteiger partial charge is 0.410 e. The molecule has 5 nitrogen and oxygen atoms in total. The molecule has 0 unspecified atom stereocenters. The molecule has 19 heavy (non-hydrogen) atoms. The highest BCUT2D eigenvalue weighted by Gasteiger charge is 2.25. The first-order chi connectivity index (χ1) is 8.97. The number of fused-ring (bicyclic) bond motifs is 1. The van der Waals surface area contributed by atoms with Crippen molar-refractivity contribution in [3.63, 3.8) is 0 Å². The lowest BCUT2D eigenvalue weighted by Crippen LogP contribution is -2.27. The van der Waals surface area contributed by atoms with Gasteiger partial charge in [-0.3, -0.25) is 4.90 Å². The third kappa shape index (κ3) is 3.05. The van der Waals surface area contributed by atoms with Crippen LogP contribution in [0.3, 0.4) is 0 Å². The number of carboxylic acids is 1. The van der Waals surface area contributed by atoms with E-state index in [-0.39, 0.29) is 11.7 Å². The van der Waals surface area contributed by atoms with Crippen LogP contribution in [-0.2, 0) is 17.8 Å².